The van der Waals surface area contributed by atoms with Crippen molar-refractivity contribution in [1.82, 2.24) is 36.6 Å². The molecule has 0 aromatic carbocycles. The topological polar surface area (TPSA) is 227 Å². The second kappa shape index (κ2) is 17.5. The molecule has 46 heavy (non-hydrogen) atoms. The van der Waals surface area contributed by atoms with E-state index in [0.717, 1.165) is 6.54 Å². The maximum Gasteiger partial charge on any atom is 0.419 e. The van der Waals surface area contributed by atoms with Gasteiger partial charge in [0.15, 0.2) is 0 Å². The van der Waals surface area contributed by atoms with E-state index in [9.17, 15) is 37.1 Å². The van der Waals surface area contributed by atoms with Gasteiger partial charge in [0.2, 0.25) is 11.9 Å². The minimum Gasteiger partial charge on any atom is -0.368 e. The highest BCUT2D eigenvalue weighted by Crippen LogP contribution is 2.28. The second-order valence-electron chi connectivity index (χ2n) is 12.2. The molecule has 1 aromatic heterocycles. The van der Waals surface area contributed by atoms with Crippen LogP contribution in [0.4, 0.5) is 33.5 Å². The van der Waals surface area contributed by atoms with E-state index in [1.54, 1.807) is 0 Å². The number of carbonyl (C=O) groups excluding carboxylic acids is 5. The predicted octanol–water partition coefficient (Wildman–Crippen LogP) is 1.68. The zero-order chi connectivity index (χ0) is 35.5. The number of aromatic nitrogens is 2. The quantitative estimate of drug-likeness (QED) is 0.222. The number of nitrogens with one attached hydrogen (secondary N) is 5. The third kappa shape index (κ3) is 12.6. The number of hydrogen-bond donors (Lipinski definition) is 7. The van der Waals surface area contributed by atoms with Gasteiger partial charge in [-0.05, 0) is 23.7 Å². The molecular weight excluding hydrogens is 613 g/mol. The predicted molar refractivity (Wildman–Crippen MR) is 164 cm³/mol. The minimum atomic E-state index is -4.48. The van der Waals surface area contributed by atoms with Crippen molar-refractivity contribution in [1.29, 1.82) is 0 Å². The molecule has 4 atom stereocenters. The Morgan fingerprint density at radius 1 is 0.870 bits per heavy atom. The van der Waals surface area contributed by atoms with E-state index >= 15 is 0 Å². The van der Waals surface area contributed by atoms with Gasteiger partial charge in [-0.3, -0.25) is 19.8 Å². The van der Waals surface area contributed by atoms with Gasteiger partial charge in [-0.2, -0.15) is 13.2 Å². The van der Waals surface area contributed by atoms with E-state index in [0.29, 0.717) is 30.9 Å². The fourth-order valence-corrected chi connectivity index (χ4v) is 3.82. The molecule has 1 aromatic rings. The number of rotatable bonds is 6. The van der Waals surface area contributed by atoms with Crippen LogP contribution in [0.2, 0.25) is 0 Å². The van der Waals surface area contributed by atoms with Gasteiger partial charge < -0.3 is 32.7 Å². The van der Waals surface area contributed by atoms with Crippen molar-refractivity contribution in [2.75, 3.05) is 18.0 Å². The lowest BCUT2D eigenvalue weighted by Crippen LogP contribution is -2.40. The van der Waals surface area contributed by atoms with Crippen LogP contribution >= 0.6 is 0 Å². The fourth-order valence-electron chi connectivity index (χ4n) is 3.82. The summed E-state index contributed by atoms with van der Waals surface area (Å²) in [7, 11) is 0. The maximum absolute atomic E-state index is 12.4. The molecule has 18 heteroatoms. The SMILES string of the molecule is CC(C)[C@@H]1NC(=O)NC1=O.CC(C)[C@H](N)C(N)=O.CC(C)[C@H]1CN(c2ncc(C(F)(F)F)cn2)C(=O)N1.CC(C)[C@H]1CNC(=O)N1. The van der Waals surface area contributed by atoms with Gasteiger partial charge >= 0.3 is 24.3 Å². The lowest BCUT2D eigenvalue weighted by molar-refractivity contribution is -0.138. The third-order valence-corrected chi connectivity index (χ3v) is 7.07. The van der Waals surface area contributed by atoms with Crippen molar-refractivity contribution >= 4 is 35.9 Å². The number of nitrogens with two attached hydrogens (primary N) is 2. The van der Waals surface area contributed by atoms with Crippen molar-refractivity contribution in [3.8, 4) is 0 Å². The molecule has 15 nitrogen and oxygen atoms in total. The molecule has 9 N–H and O–H groups in total. The Hall–Kier alpha value is -4.22. The summed E-state index contributed by atoms with van der Waals surface area (Å²) in [4.78, 5) is 62.3. The number of primary amides is 1. The number of amides is 8. The molecule has 0 spiro atoms. The lowest BCUT2D eigenvalue weighted by atomic mass is 10.1. The molecular formula is C28H47F3N10O5. The molecule has 260 valence electrons. The molecule has 0 saturated carbocycles. The Kier molecular flexibility index (Phi) is 15.1. The highest BCUT2D eigenvalue weighted by Gasteiger charge is 2.35. The van der Waals surface area contributed by atoms with Crippen LogP contribution in [0.5, 0.6) is 0 Å². The van der Waals surface area contributed by atoms with Gasteiger partial charge in [-0.1, -0.05) is 55.4 Å². The van der Waals surface area contributed by atoms with Gasteiger partial charge in [-0.15, -0.1) is 0 Å². The first-order valence-corrected chi connectivity index (χ1v) is 14.8. The fraction of sp³-hybridized carbons (Fsp3) is 0.679. The lowest BCUT2D eigenvalue weighted by Gasteiger charge is -2.14. The summed E-state index contributed by atoms with van der Waals surface area (Å²) in [6.45, 7) is 16.7. The van der Waals surface area contributed by atoms with Gasteiger partial charge in [0, 0.05) is 18.9 Å². The van der Waals surface area contributed by atoms with Crippen molar-refractivity contribution in [3.05, 3.63) is 18.0 Å². The molecule has 0 radical (unpaired) electrons. The summed E-state index contributed by atoms with van der Waals surface area (Å²) in [5.41, 5.74) is 9.22. The number of anilines is 1. The van der Waals surface area contributed by atoms with E-state index in [-0.39, 0.29) is 53.8 Å². The number of alkyl halides is 3. The van der Waals surface area contributed by atoms with Gasteiger partial charge in [0.05, 0.1) is 30.2 Å². The molecule has 4 rings (SSSR count). The highest BCUT2D eigenvalue weighted by molar-refractivity contribution is 6.04. The molecule has 4 heterocycles. The summed E-state index contributed by atoms with van der Waals surface area (Å²) in [5.74, 6) is 0.389. The zero-order valence-electron chi connectivity index (χ0n) is 27.4. The summed E-state index contributed by atoms with van der Waals surface area (Å²) < 4.78 is 37.1. The number of halogens is 3. The standard InChI is InChI=1S/C11H13F3N4O.C6H10N2O2.C6H12N2O.C5H12N2O/c1-6(2)8-5-18(10(19)17-8)9-15-3-7(4-16-9)11(12,13)14;1-3(2)4-5(9)8-6(10)7-4;1-4(2)5-3-7-6(9)8-5;1-3(2)4(6)5(7)8/h3-4,6,8H,5H2,1-2H3,(H,17,19);3-4H,1-2H3,(H2,7,8,9,10);4-5H,3H2,1-2H3,(H2,7,8,9);3-4H,6H2,1-2H3,(H2,7,8)/t8-;4-;5-;4-/m1010/s1. The Bertz CT molecular complexity index is 1200. The smallest absolute Gasteiger partial charge is 0.368 e. The van der Waals surface area contributed by atoms with Crippen LogP contribution in [-0.4, -0.2) is 77.1 Å². The van der Waals surface area contributed by atoms with Gasteiger partial charge in [0.1, 0.15) is 6.04 Å². The summed E-state index contributed by atoms with van der Waals surface area (Å²) in [6, 6.07) is -1.37. The summed E-state index contributed by atoms with van der Waals surface area (Å²) >= 11 is 0. The van der Waals surface area contributed by atoms with Crippen LogP contribution in [0.3, 0.4) is 0 Å². The van der Waals surface area contributed by atoms with Crippen LogP contribution in [0, 0.1) is 23.7 Å². The first-order chi connectivity index (χ1) is 21.1. The van der Waals surface area contributed by atoms with Crippen LogP contribution in [-0.2, 0) is 15.8 Å². The molecule has 0 bridgehead atoms. The Morgan fingerprint density at radius 2 is 1.41 bits per heavy atom. The number of imide groups is 1. The average molecular weight is 661 g/mol. The molecule has 3 aliphatic heterocycles. The van der Waals surface area contributed by atoms with Crippen LogP contribution < -0.4 is 43.0 Å². The Morgan fingerprint density at radius 3 is 1.67 bits per heavy atom. The molecule has 3 fully saturated rings. The Balaban J connectivity index is 0.000000333. The normalized spacial score (nSPS) is 21.2. The molecule has 8 amide bonds. The monoisotopic (exact) mass is 660 g/mol. The highest BCUT2D eigenvalue weighted by atomic mass is 19.4. The van der Waals surface area contributed by atoms with Gasteiger partial charge in [-0.25, -0.2) is 24.4 Å². The number of carbonyl (C=O) groups is 5. The Labute approximate surface area is 266 Å². The first kappa shape index (κ1) is 39.8. The van der Waals surface area contributed by atoms with Crippen molar-refractivity contribution < 1.29 is 37.1 Å². The minimum absolute atomic E-state index is 0.0198. The van der Waals surface area contributed by atoms with Crippen molar-refractivity contribution in [2.24, 2.45) is 35.1 Å². The average Bonchev–Trinajstić information content (AvgIpc) is 3.66. The molecule has 3 aliphatic rings. The van der Waals surface area contributed by atoms with E-state index in [2.05, 4.69) is 50.4 Å². The van der Waals surface area contributed by atoms with Crippen LogP contribution in [0.15, 0.2) is 12.4 Å². The molecule has 0 unspecified atom stereocenters. The zero-order valence-corrected chi connectivity index (χ0v) is 27.4. The van der Waals surface area contributed by atoms with Crippen molar-refractivity contribution in [2.45, 2.75) is 85.7 Å². The number of hydrogen-bond acceptors (Lipinski definition) is 8. The largest absolute Gasteiger partial charge is 0.419 e. The summed E-state index contributed by atoms with van der Waals surface area (Å²) in [6.07, 6.45) is -3.12. The van der Waals surface area contributed by atoms with E-state index in [4.69, 9.17) is 11.5 Å². The van der Waals surface area contributed by atoms with Crippen LogP contribution in [0.25, 0.3) is 0 Å². The molecule has 0 aliphatic carbocycles. The van der Waals surface area contributed by atoms with E-state index in [1.165, 1.54) is 4.90 Å². The first-order valence-electron chi connectivity index (χ1n) is 14.8. The second-order valence-corrected chi connectivity index (χ2v) is 12.2. The van der Waals surface area contributed by atoms with Crippen molar-refractivity contribution in [3.63, 3.8) is 0 Å². The maximum atomic E-state index is 12.4. The third-order valence-electron chi connectivity index (χ3n) is 7.07. The number of nitrogens with zero attached hydrogens (tertiary/aromatic N) is 3. The van der Waals surface area contributed by atoms with E-state index in [1.807, 2.05) is 41.5 Å². The number of urea groups is 3. The van der Waals surface area contributed by atoms with Gasteiger partial charge in [0.25, 0.3) is 5.91 Å². The van der Waals surface area contributed by atoms with E-state index < -0.39 is 29.7 Å². The summed E-state index contributed by atoms with van der Waals surface area (Å²) in [5, 5.41) is 12.9. The molecule has 3 saturated heterocycles. The van der Waals surface area contributed by atoms with Crippen LogP contribution in [0.1, 0.15) is 61.0 Å².